The van der Waals surface area contributed by atoms with Crippen molar-refractivity contribution in [3.63, 3.8) is 0 Å². The minimum atomic E-state index is -1.08. The first kappa shape index (κ1) is 32.4. The summed E-state index contributed by atoms with van der Waals surface area (Å²) in [7, 11) is 2.74. The molecule has 1 aliphatic heterocycles. The molecule has 3 atom stereocenters. The summed E-state index contributed by atoms with van der Waals surface area (Å²) in [5.74, 6) is -0.944. The lowest BCUT2D eigenvalue weighted by Crippen LogP contribution is -2.73. The number of nitrogens with one attached hydrogen (secondary N) is 1. The fourth-order valence-corrected chi connectivity index (χ4v) is 9.13. The number of hydrogen-bond acceptors (Lipinski definition) is 9. The van der Waals surface area contributed by atoms with Gasteiger partial charge in [0.2, 0.25) is 5.91 Å². The van der Waals surface area contributed by atoms with Crippen LogP contribution in [0.4, 0.5) is 0 Å². The number of fused-ring (bicyclic) bond motifs is 1. The number of carbonyl (C=O) groups excluding carboxylic acids is 3. The molecule has 2 amide bonds. The molecular weight excluding hydrogens is 651 g/mol. The predicted octanol–water partition coefficient (Wildman–Crippen LogP) is 7.05. The molecule has 0 spiro atoms. The van der Waals surface area contributed by atoms with Crippen molar-refractivity contribution in [2.75, 3.05) is 6.61 Å². The van der Waals surface area contributed by atoms with E-state index in [1.165, 1.54) is 37.8 Å². The smallest absolute Gasteiger partial charge is 0.334 e. The second-order valence-electron chi connectivity index (χ2n) is 10.8. The summed E-state index contributed by atoms with van der Waals surface area (Å²) in [6, 6.07) is 33.7. The molecule has 6 rings (SSSR count). The molecule has 0 unspecified atom stereocenters. The van der Waals surface area contributed by atoms with Crippen LogP contribution in [-0.2, 0) is 19.1 Å². The zero-order valence-electron chi connectivity index (χ0n) is 25.4. The molecule has 8 nitrogen and oxygen atoms in total. The van der Waals surface area contributed by atoms with Gasteiger partial charge in [-0.3, -0.25) is 9.59 Å². The van der Waals surface area contributed by atoms with Crippen molar-refractivity contribution in [2.45, 2.75) is 34.8 Å². The van der Waals surface area contributed by atoms with Gasteiger partial charge in [-0.05, 0) is 58.7 Å². The number of thiazole rings is 1. The van der Waals surface area contributed by atoms with Crippen LogP contribution in [-0.4, -0.2) is 51.7 Å². The van der Waals surface area contributed by atoms with E-state index >= 15 is 0 Å². The number of esters is 1. The molecule has 0 aliphatic carbocycles. The van der Waals surface area contributed by atoms with Crippen molar-refractivity contribution in [2.24, 2.45) is 0 Å². The number of rotatable bonds is 13. The number of nitrogens with zero attached hydrogens (tertiary/aromatic N) is 2. The second kappa shape index (κ2) is 14.9. The van der Waals surface area contributed by atoms with Gasteiger partial charge < -0.3 is 19.7 Å². The molecule has 1 aliphatic rings. The Balaban J connectivity index is 1.23. The summed E-state index contributed by atoms with van der Waals surface area (Å²) in [5.41, 5.74) is 2.91. The van der Waals surface area contributed by atoms with E-state index in [-0.39, 0.29) is 6.61 Å². The van der Waals surface area contributed by atoms with E-state index in [1.54, 1.807) is 19.1 Å². The van der Waals surface area contributed by atoms with Gasteiger partial charge in [0.05, 0.1) is 10.2 Å². The van der Waals surface area contributed by atoms with Gasteiger partial charge in [-0.2, -0.15) is 0 Å². The second-order valence-corrected chi connectivity index (χ2v) is 14.4. The standard InChI is InChI=1S/C36H31N3O5S3/c1-23(2)31(35(42)44-32(24-14-6-3-7-15-24)25-16-8-4-9-17-25)39-33(41)30(38-29(40)22-43-26-18-10-5-11-19-26)34(39)46-47-36-37-27-20-12-13-21-28(27)45-36/h3-21,30-32,34H,1,22H2,2H3,(H,38,40)/t30-,31-,34-/m1/s1. The Morgan fingerprint density at radius 2 is 1.51 bits per heavy atom. The van der Waals surface area contributed by atoms with E-state index in [1.807, 2.05) is 103 Å². The first-order valence-corrected chi connectivity index (χ1v) is 17.9. The van der Waals surface area contributed by atoms with Crippen molar-refractivity contribution >= 4 is 60.9 Å². The zero-order chi connectivity index (χ0) is 32.8. The highest BCUT2D eigenvalue weighted by molar-refractivity contribution is 8.77. The normalized spacial score (nSPS) is 16.4. The number of β-lactam (4-membered cyclic amide) rings is 1. The van der Waals surface area contributed by atoms with Gasteiger partial charge >= 0.3 is 5.97 Å². The van der Waals surface area contributed by atoms with Crippen LogP contribution in [0.2, 0.25) is 0 Å². The van der Waals surface area contributed by atoms with Gasteiger partial charge in [0.1, 0.15) is 17.2 Å². The lowest BCUT2D eigenvalue weighted by atomic mass is 9.98. The summed E-state index contributed by atoms with van der Waals surface area (Å²) >= 11 is 1.53. The quantitative estimate of drug-likeness (QED) is 0.0612. The van der Waals surface area contributed by atoms with Gasteiger partial charge in [-0.25, -0.2) is 9.78 Å². The average Bonchev–Trinajstić information content (AvgIpc) is 3.52. The molecule has 238 valence electrons. The minimum absolute atomic E-state index is 0.266. The molecule has 47 heavy (non-hydrogen) atoms. The summed E-state index contributed by atoms with van der Waals surface area (Å²) in [6.07, 6.45) is -0.697. The molecular formula is C36H31N3O5S3. The lowest BCUT2D eigenvalue weighted by molar-refractivity contribution is -0.165. The average molecular weight is 682 g/mol. The molecule has 0 bridgehead atoms. The number of likely N-dealkylation sites (tertiary alicyclic amines) is 1. The van der Waals surface area contributed by atoms with Gasteiger partial charge in [-0.1, -0.05) is 108 Å². The van der Waals surface area contributed by atoms with Crippen LogP contribution >= 0.6 is 32.9 Å². The number of carbonyl (C=O) groups is 3. The molecule has 11 heteroatoms. The highest BCUT2D eigenvalue weighted by Gasteiger charge is 2.54. The number of aromatic nitrogens is 1. The van der Waals surface area contributed by atoms with Crippen LogP contribution in [0, 0.1) is 0 Å². The third kappa shape index (κ3) is 7.54. The first-order chi connectivity index (χ1) is 22.9. The van der Waals surface area contributed by atoms with Gasteiger partial charge in [-0.15, -0.1) is 11.3 Å². The molecule has 4 aromatic carbocycles. The highest BCUT2D eigenvalue weighted by atomic mass is 33.1. The van der Waals surface area contributed by atoms with Crippen LogP contribution in [0.25, 0.3) is 10.2 Å². The zero-order valence-corrected chi connectivity index (χ0v) is 27.8. The van der Waals surface area contributed by atoms with E-state index < -0.39 is 41.3 Å². The molecule has 0 saturated carbocycles. The Morgan fingerprint density at radius 1 is 0.915 bits per heavy atom. The van der Waals surface area contributed by atoms with E-state index in [0.717, 1.165) is 25.7 Å². The topological polar surface area (TPSA) is 97.8 Å². The summed E-state index contributed by atoms with van der Waals surface area (Å²) < 4.78 is 13.6. The maximum absolute atomic E-state index is 14.0. The summed E-state index contributed by atoms with van der Waals surface area (Å²) in [6.45, 7) is 5.50. The molecule has 1 saturated heterocycles. The molecule has 1 aromatic heterocycles. The van der Waals surface area contributed by atoms with E-state index in [4.69, 9.17) is 14.5 Å². The third-order valence-electron chi connectivity index (χ3n) is 7.41. The molecule has 1 N–H and O–H groups in total. The summed E-state index contributed by atoms with van der Waals surface area (Å²) in [4.78, 5) is 46.9. The van der Waals surface area contributed by atoms with Crippen LogP contribution in [0.5, 0.6) is 5.75 Å². The summed E-state index contributed by atoms with van der Waals surface area (Å²) in [5, 5.41) is 2.19. The maximum atomic E-state index is 14.0. The lowest BCUT2D eigenvalue weighted by Gasteiger charge is -2.49. The Kier molecular flexibility index (Phi) is 10.3. The predicted molar refractivity (Wildman–Crippen MR) is 187 cm³/mol. The number of amides is 2. The fourth-order valence-electron chi connectivity index (χ4n) is 5.17. The Labute approximate surface area is 284 Å². The van der Waals surface area contributed by atoms with Gasteiger partial charge in [0.15, 0.2) is 23.1 Å². The number of ether oxygens (including phenoxy) is 2. The third-order valence-corrected chi connectivity index (χ3v) is 11.4. The van der Waals surface area contributed by atoms with Crippen LogP contribution < -0.4 is 10.1 Å². The first-order valence-electron chi connectivity index (χ1n) is 14.8. The van der Waals surface area contributed by atoms with E-state index in [2.05, 4.69) is 11.9 Å². The van der Waals surface area contributed by atoms with Crippen LogP contribution in [0.15, 0.2) is 132 Å². The Morgan fingerprint density at radius 3 is 2.13 bits per heavy atom. The Hall–Kier alpha value is -4.58. The van der Waals surface area contributed by atoms with Crippen molar-refractivity contribution in [3.8, 4) is 5.75 Å². The number of para-hydroxylation sites is 2. The number of benzene rings is 4. The van der Waals surface area contributed by atoms with E-state index in [0.29, 0.717) is 11.3 Å². The van der Waals surface area contributed by atoms with Gasteiger partial charge in [0, 0.05) is 0 Å². The largest absolute Gasteiger partial charge is 0.484 e. The SMILES string of the molecule is C=C(C)[C@H](C(=O)OC(c1ccccc1)c1ccccc1)N1C(=O)[C@@H](NC(=O)COc2ccccc2)[C@H]1SSc1nc2ccccc2s1. The van der Waals surface area contributed by atoms with Gasteiger partial charge in [0.25, 0.3) is 5.91 Å². The monoisotopic (exact) mass is 681 g/mol. The number of hydrogen-bond donors (Lipinski definition) is 1. The molecule has 0 radical (unpaired) electrons. The van der Waals surface area contributed by atoms with E-state index in [9.17, 15) is 14.4 Å². The van der Waals surface area contributed by atoms with Crippen molar-refractivity contribution in [1.82, 2.24) is 15.2 Å². The van der Waals surface area contributed by atoms with Crippen molar-refractivity contribution < 1.29 is 23.9 Å². The molecule has 1 fully saturated rings. The highest BCUT2D eigenvalue weighted by Crippen LogP contribution is 2.45. The minimum Gasteiger partial charge on any atom is -0.484 e. The van der Waals surface area contributed by atoms with Crippen LogP contribution in [0.1, 0.15) is 24.2 Å². The maximum Gasteiger partial charge on any atom is 0.334 e. The Bertz CT molecular complexity index is 1800. The fraction of sp³-hybridized carbons (Fsp3) is 0.167. The van der Waals surface area contributed by atoms with Crippen molar-refractivity contribution in [3.05, 3.63) is 139 Å². The molecule has 5 aromatic rings. The molecule has 2 heterocycles. The van der Waals surface area contributed by atoms with Crippen LogP contribution in [0.3, 0.4) is 0 Å². The van der Waals surface area contributed by atoms with Crippen molar-refractivity contribution in [1.29, 1.82) is 0 Å².